The molecule has 0 bridgehead atoms. The second-order valence-electron chi connectivity index (χ2n) is 4.43. The average molecular weight is 345 g/mol. The van der Waals surface area contributed by atoms with Crippen LogP contribution in [0.1, 0.15) is 33.1 Å². The molecule has 2 rings (SSSR count). The van der Waals surface area contributed by atoms with Crippen LogP contribution in [-0.4, -0.2) is 21.5 Å². The van der Waals surface area contributed by atoms with E-state index >= 15 is 0 Å². The van der Waals surface area contributed by atoms with Crippen molar-refractivity contribution in [1.82, 2.24) is 4.72 Å². The van der Waals surface area contributed by atoms with Gasteiger partial charge in [0.25, 0.3) is 0 Å². The van der Waals surface area contributed by atoms with Gasteiger partial charge in [0.05, 0.1) is 13.2 Å². The molecule has 0 aromatic carbocycles. The number of aryl methyl sites for hydroxylation is 1. The van der Waals surface area contributed by atoms with Crippen molar-refractivity contribution in [3.05, 3.63) is 38.2 Å². The van der Waals surface area contributed by atoms with Crippen LogP contribution in [0.5, 0.6) is 0 Å². The maximum Gasteiger partial charge on any atom is 0.349 e. The van der Waals surface area contributed by atoms with Crippen LogP contribution in [0.15, 0.2) is 27.8 Å². The fourth-order valence-corrected chi connectivity index (χ4v) is 5.63. The normalized spacial score (nSPS) is 13.1. The number of sulfonamides is 1. The van der Waals surface area contributed by atoms with E-state index in [1.807, 2.05) is 17.5 Å². The minimum atomic E-state index is -3.79. The maximum absolute atomic E-state index is 12.6. The summed E-state index contributed by atoms with van der Waals surface area (Å²) < 4.78 is 32.4. The third-order valence-electron chi connectivity index (χ3n) is 2.86. The lowest BCUT2D eigenvalue weighted by Crippen LogP contribution is -2.28. The second kappa shape index (κ2) is 6.27. The van der Waals surface area contributed by atoms with E-state index in [-0.39, 0.29) is 15.8 Å². The first-order chi connectivity index (χ1) is 9.86. The molecule has 0 saturated heterocycles. The van der Waals surface area contributed by atoms with E-state index in [0.717, 1.165) is 16.2 Å². The van der Waals surface area contributed by atoms with E-state index in [2.05, 4.69) is 9.46 Å². The lowest BCUT2D eigenvalue weighted by molar-refractivity contribution is 0.0602. The van der Waals surface area contributed by atoms with Gasteiger partial charge in [-0.15, -0.1) is 22.7 Å². The first-order valence-electron chi connectivity index (χ1n) is 6.09. The Balaban J connectivity index is 2.36. The molecule has 2 aromatic rings. The number of carbonyl (C=O) groups is 1. The Morgan fingerprint density at radius 3 is 2.67 bits per heavy atom. The first-order valence-corrected chi connectivity index (χ1v) is 9.33. The first kappa shape index (κ1) is 16.2. The number of methoxy groups -OCH3 is 1. The van der Waals surface area contributed by atoms with Gasteiger partial charge >= 0.3 is 5.97 Å². The average Bonchev–Trinajstić information content (AvgIpc) is 3.06. The molecule has 0 amide bonds. The molecule has 0 aliphatic rings. The van der Waals surface area contributed by atoms with Gasteiger partial charge in [0.1, 0.15) is 9.77 Å². The van der Waals surface area contributed by atoms with Crippen LogP contribution in [0.2, 0.25) is 0 Å². The van der Waals surface area contributed by atoms with Crippen LogP contribution >= 0.6 is 22.7 Å². The third-order valence-corrected chi connectivity index (χ3v) is 6.85. The molecule has 0 saturated carbocycles. The Labute approximate surface area is 131 Å². The highest BCUT2D eigenvalue weighted by Gasteiger charge is 2.29. The van der Waals surface area contributed by atoms with E-state index in [1.54, 1.807) is 19.2 Å². The summed E-state index contributed by atoms with van der Waals surface area (Å²) in [5, 5.41) is 3.52. The second-order valence-corrected chi connectivity index (χ2v) is 7.94. The molecule has 114 valence electrons. The van der Waals surface area contributed by atoms with E-state index in [1.165, 1.54) is 18.4 Å². The van der Waals surface area contributed by atoms with Crippen LogP contribution in [0.25, 0.3) is 0 Å². The van der Waals surface area contributed by atoms with Crippen molar-refractivity contribution in [3.8, 4) is 0 Å². The summed E-state index contributed by atoms with van der Waals surface area (Å²) in [4.78, 5) is 12.7. The quantitative estimate of drug-likeness (QED) is 0.846. The Bertz CT molecular complexity index is 732. The third kappa shape index (κ3) is 3.34. The molecule has 0 unspecified atom stereocenters. The molecule has 5 nitrogen and oxygen atoms in total. The zero-order valence-corrected chi connectivity index (χ0v) is 14.2. The van der Waals surface area contributed by atoms with Crippen LogP contribution < -0.4 is 4.72 Å². The van der Waals surface area contributed by atoms with Crippen LogP contribution in [0, 0.1) is 6.92 Å². The number of hydrogen-bond donors (Lipinski definition) is 1. The molecule has 0 spiro atoms. The number of hydrogen-bond acceptors (Lipinski definition) is 6. The zero-order chi connectivity index (χ0) is 15.6. The summed E-state index contributed by atoms with van der Waals surface area (Å²) in [5.74, 6) is -0.641. The van der Waals surface area contributed by atoms with E-state index in [9.17, 15) is 13.2 Å². The van der Waals surface area contributed by atoms with Crippen molar-refractivity contribution >= 4 is 38.7 Å². The fourth-order valence-electron chi connectivity index (χ4n) is 1.89. The van der Waals surface area contributed by atoms with Crippen molar-refractivity contribution in [1.29, 1.82) is 0 Å². The van der Waals surface area contributed by atoms with E-state index < -0.39 is 16.0 Å². The summed E-state index contributed by atoms with van der Waals surface area (Å²) in [7, 11) is -2.56. The predicted molar refractivity (Wildman–Crippen MR) is 83.5 cm³/mol. The molecule has 8 heteroatoms. The van der Waals surface area contributed by atoms with Crippen LogP contribution in [-0.2, 0) is 14.8 Å². The summed E-state index contributed by atoms with van der Waals surface area (Å²) in [6, 6.07) is 3.36. The van der Waals surface area contributed by atoms with Gasteiger partial charge in [-0.1, -0.05) is 6.07 Å². The molecule has 2 heterocycles. The number of nitrogens with one attached hydrogen (secondary N) is 1. The lowest BCUT2D eigenvalue weighted by Gasteiger charge is -2.13. The van der Waals surface area contributed by atoms with Gasteiger partial charge in [-0.2, -0.15) is 0 Å². The highest BCUT2D eigenvalue weighted by atomic mass is 32.2. The number of rotatable bonds is 5. The predicted octanol–water partition coefficient (Wildman–Crippen LogP) is 2.94. The van der Waals surface area contributed by atoms with Gasteiger partial charge in [0.15, 0.2) is 0 Å². The Hall–Kier alpha value is -1.22. The van der Waals surface area contributed by atoms with Crippen LogP contribution in [0.3, 0.4) is 0 Å². The lowest BCUT2D eigenvalue weighted by atomic mass is 10.3. The van der Waals surface area contributed by atoms with Crippen molar-refractivity contribution in [2.75, 3.05) is 7.11 Å². The van der Waals surface area contributed by atoms with E-state index in [0.29, 0.717) is 5.56 Å². The van der Waals surface area contributed by atoms with E-state index in [4.69, 9.17) is 0 Å². The van der Waals surface area contributed by atoms with Crippen molar-refractivity contribution in [2.45, 2.75) is 24.8 Å². The molecule has 0 fully saturated rings. The number of ether oxygens (including phenoxy) is 1. The minimum absolute atomic E-state index is 0.00255. The fraction of sp³-hybridized carbons (Fsp3) is 0.308. The molecule has 1 N–H and O–H groups in total. The Morgan fingerprint density at radius 2 is 2.10 bits per heavy atom. The Morgan fingerprint density at radius 1 is 1.38 bits per heavy atom. The summed E-state index contributed by atoms with van der Waals surface area (Å²) in [6.07, 6.45) is 0. The molecule has 0 aliphatic heterocycles. The smallest absolute Gasteiger partial charge is 0.349 e. The van der Waals surface area contributed by atoms with Gasteiger partial charge < -0.3 is 4.74 Å². The molecular formula is C13H15NO4S3. The highest BCUT2D eigenvalue weighted by Crippen LogP contribution is 2.29. The topological polar surface area (TPSA) is 72.5 Å². The van der Waals surface area contributed by atoms with Gasteiger partial charge in [0.2, 0.25) is 10.0 Å². The standard InChI is InChI=1S/C13H15NO4S3/c1-8-7-20-11(13(15)18-3)12(8)21(16,17)14-9(2)10-5-4-6-19-10/h4-7,9,14H,1-3H3/t9-/m0/s1. The summed E-state index contributed by atoms with van der Waals surface area (Å²) in [5.41, 5.74) is 0.534. The van der Waals surface area contributed by atoms with Gasteiger partial charge in [-0.3, -0.25) is 0 Å². The van der Waals surface area contributed by atoms with Crippen molar-refractivity contribution < 1.29 is 17.9 Å². The monoisotopic (exact) mass is 345 g/mol. The van der Waals surface area contributed by atoms with Crippen molar-refractivity contribution in [2.24, 2.45) is 0 Å². The molecule has 2 aromatic heterocycles. The van der Waals surface area contributed by atoms with Gasteiger partial charge in [-0.05, 0) is 36.2 Å². The molecule has 0 radical (unpaired) electrons. The zero-order valence-electron chi connectivity index (χ0n) is 11.7. The Kier molecular flexibility index (Phi) is 4.82. The molecule has 1 atom stereocenters. The van der Waals surface area contributed by atoms with Crippen LogP contribution in [0.4, 0.5) is 0 Å². The highest BCUT2D eigenvalue weighted by molar-refractivity contribution is 7.89. The summed E-state index contributed by atoms with van der Waals surface area (Å²) in [6.45, 7) is 3.43. The number of carbonyl (C=O) groups excluding carboxylic acids is 1. The molecular weight excluding hydrogens is 330 g/mol. The minimum Gasteiger partial charge on any atom is -0.465 e. The SMILES string of the molecule is COC(=O)c1scc(C)c1S(=O)(=O)N[C@@H](C)c1cccs1. The van der Waals surface area contributed by atoms with Crippen molar-refractivity contribution in [3.63, 3.8) is 0 Å². The van der Waals surface area contributed by atoms with Gasteiger partial charge in [-0.25, -0.2) is 17.9 Å². The summed E-state index contributed by atoms with van der Waals surface area (Å²) >= 11 is 2.54. The number of thiophene rings is 2. The number of esters is 1. The molecule has 0 aliphatic carbocycles. The molecule has 21 heavy (non-hydrogen) atoms. The van der Waals surface area contributed by atoms with Gasteiger partial charge in [0, 0.05) is 4.88 Å². The maximum atomic E-state index is 12.6. The largest absolute Gasteiger partial charge is 0.465 e.